The Morgan fingerprint density at radius 3 is 3.07 bits per heavy atom. The van der Waals surface area contributed by atoms with E-state index < -0.39 is 0 Å². The highest BCUT2D eigenvalue weighted by Crippen LogP contribution is 2.18. The molecule has 1 fully saturated rings. The summed E-state index contributed by atoms with van der Waals surface area (Å²) >= 11 is 0. The smallest absolute Gasteiger partial charge is 0.222 e. The molecule has 2 heterocycles. The molecular weight excluding hydrogens is 194 g/mol. The number of aromatic nitrogens is 3. The van der Waals surface area contributed by atoms with Gasteiger partial charge in [0.15, 0.2) is 0 Å². The third-order valence-electron chi connectivity index (χ3n) is 2.54. The van der Waals surface area contributed by atoms with Crippen LogP contribution in [0.4, 0.5) is 0 Å². The molecule has 1 atom stereocenters. The van der Waals surface area contributed by atoms with E-state index in [1.807, 2.05) is 6.92 Å². The summed E-state index contributed by atoms with van der Waals surface area (Å²) in [5.41, 5.74) is 1.80. The number of rotatable bonds is 2. The van der Waals surface area contributed by atoms with E-state index in [1.165, 1.54) is 0 Å². The molecular formula is C9H15N5O. The minimum absolute atomic E-state index is 0.0128. The first kappa shape index (κ1) is 10.1. The zero-order valence-corrected chi connectivity index (χ0v) is 8.71. The molecule has 1 aromatic heterocycles. The molecule has 2 rings (SSSR count). The van der Waals surface area contributed by atoms with Gasteiger partial charge in [-0.25, -0.2) is 0 Å². The van der Waals surface area contributed by atoms with Gasteiger partial charge in [-0.1, -0.05) is 6.92 Å². The van der Waals surface area contributed by atoms with E-state index in [1.54, 1.807) is 0 Å². The van der Waals surface area contributed by atoms with Crippen LogP contribution in [-0.4, -0.2) is 34.4 Å². The summed E-state index contributed by atoms with van der Waals surface area (Å²) in [6.07, 6.45) is 1.26. The molecule has 1 amide bonds. The maximum Gasteiger partial charge on any atom is 0.222 e. The molecule has 6 nitrogen and oxygen atoms in total. The molecule has 0 aromatic carbocycles. The Morgan fingerprint density at radius 2 is 2.27 bits per heavy atom. The number of carbonyl (C=O) groups is 1. The molecule has 1 aliphatic rings. The molecule has 15 heavy (non-hydrogen) atoms. The molecule has 0 saturated carbocycles. The van der Waals surface area contributed by atoms with Crippen LogP contribution in [0, 0.1) is 0 Å². The van der Waals surface area contributed by atoms with Gasteiger partial charge in [0.25, 0.3) is 0 Å². The number of carbonyl (C=O) groups excluding carboxylic acids is 1. The van der Waals surface area contributed by atoms with Gasteiger partial charge in [-0.2, -0.15) is 15.4 Å². The minimum Gasteiger partial charge on any atom is -0.355 e. The number of hydrogen-bond donors (Lipinski definition) is 3. The fraction of sp³-hybridized carbons (Fsp3) is 0.667. The lowest BCUT2D eigenvalue weighted by Gasteiger charge is -2.12. The van der Waals surface area contributed by atoms with E-state index in [-0.39, 0.29) is 11.9 Å². The topological polar surface area (TPSA) is 82.7 Å². The van der Waals surface area contributed by atoms with E-state index in [2.05, 4.69) is 26.0 Å². The second-order valence-electron chi connectivity index (χ2n) is 3.57. The summed E-state index contributed by atoms with van der Waals surface area (Å²) in [6.45, 7) is 3.47. The van der Waals surface area contributed by atoms with Gasteiger partial charge in [0.2, 0.25) is 5.91 Å². The Kier molecular flexibility index (Phi) is 2.96. The van der Waals surface area contributed by atoms with Gasteiger partial charge in [0.1, 0.15) is 5.69 Å². The molecule has 82 valence electrons. The zero-order chi connectivity index (χ0) is 10.7. The molecule has 0 spiro atoms. The fourth-order valence-corrected chi connectivity index (χ4v) is 1.77. The third-order valence-corrected chi connectivity index (χ3v) is 2.54. The maximum absolute atomic E-state index is 11.4. The summed E-state index contributed by atoms with van der Waals surface area (Å²) in [7, 11) is 0. The van der Waals surface area contributed by atoms with Crippen LogP contribution in [0.5, 0.6) is 0 Å². The van der Waals surface area contributed by atoms with Crippen LogP contribution in [0.3, 0.4) is 0 Å². The minimum atomic E-state index is -0.0128. The van der Waals surface area contributed by atoms with Crippen molar-refractivity contribution >= 4 is 5.91 Å². The average Bonchev–Trinajstić information content (AvgIpc) is 2.61. The Hall–Kier alpha value is -1.43. The maximum atomic E-state index is 11.4. The van der Waals surface area contributed by atoms with E-state index >= 15 is 0 Å². The van der Waals surface area contributed by atoms with Crippen molar-refractivity contribution in [2.24, 2.45) is 0 Å². The van der Waals surface area contributed by atoms with Crippen LogP contribution < -0.4 is 10.6 Å². The first-order valence-electron chi connectivity index (χ1n) is 5.21. The predicted octanol–water partition coefficient (Wildman–Crippen LogP) is -0.482. The highest BCUT2D eigenvalue weighted by Gasteiger charge is 2.23. The summed E-state index contributed by atoms with van der Waals surface area (Å²) < 4.78 is 0. The quantitative estimate of drug-likeness (QED) is 0.614. The normalized spacial score (nSPS) is 22.2. The largest absolute Gasteiger partial charge is 0.355 e. The van der Waals surface area contributed by atoms with E-state index in [4.69, 9.17) is 0 Å². The van der Waals surface area contributed by atoms with E-state index in [0.717, 1.165) is 24.4 Å². The molecule has 1 aromatic rings. The lowest BCUT2D eigenvalue weighted by Crippen LogP contribution is -2.25. The van der Waals surface area contributed by atoms with Gasteiger partial charge in [0.05, 0.1) is 11.7 Å². The summed E-state index contributed by atoms with van der Waals surface area (Å²) in [5.74, 6) is 0.0649. The van der Waals surface area contributed by atoms with Crippen LogP contribution in [0.25, 0.3) is 0 Å². The van der Waals surface area contributed by atoms with Crippen LogP contribution in [0.1, 0.15) is 30.8 Å². The molecule has 0 bridgehead atoms. The lowest BCUT2D eigenvalue weighted by atomic mass is 10.1. The number of hydrogen-bond acceptors (Lipinski definition) is 4. The number of aromatic amines is 1. The van der Waals surface area contributed by atoms with Crippen molar-refractivity contribution in [3.05, 3.63) is 11.4 Å². The molecule has 1 aliphatic heterocycles. The second-order valence-corrected chi connectivity index (χ2v) is 3.57. The second kappa shape index (κ2) is 4.39. The monoisotopic (exact) mass is 209 g/mol. The van der Waals surface area contributed by atoms with Crippen molar-refractivity contribution in [3.63, 3.8) is 0 Å². The fourth-order valence-electron chi connectivity index (χ4n) is 1.77. The van der Waals surface area contributed by atoms with Gasteiger partial charge in [-0.15, -0.1) is 0 Å². The molecule has 1 unspecified atom stereocenters. The zero-order valence-electron chi connectivity index (χ0n) is 8.71. The van der Waals surface area contributed by atoms with Crippen molar-refractivity contribution in [3.8, 4) is 0 Å². The number of amides is 1. The lowest BCUT2D eigenvalue weighted by molar-refractivity contribution is -0.121. The number of nitrogens with one attached hydrogen (secondary N) is 3. The molecule has 1 saturated heterocycles. The van der Waals surface area contributed by atoms with Gasteiger partial charge in [-0.3, -0.25) is 4.79 Å². The molecule has 0 aliphatic carbocycles. The van der Waals surface area contributed by atoms with Crippen LogP contribution in [0.2, 0.25) is 0 Å². The van der Waals surface area contributed by atoms with Gasteiger partial charge < -0.3 is 10.6 Å². The first-order chi connectivity index (χ1) is 7.31. The number of H-pyrrole nitrogens is 1. The Morgan fingerprint density at radius 1 is 1.40 bits per heavy atom. The van der Waals surface area contributed by atoms with Gasteiger partial charge in [-0.05, 0) is 6.42 Å². The number of aryl methyl sites for hydroxylation is 1. The van der Waals surface area contributed by atoms with Crippen molar-refractivity contribution in [2.75, 3.05) is 13.1 Å². The third kappa shape index (κ3) is 2.15. The Balaban J connectivity index is 2.17. The van der Waals surface area contributed by atoms with Gasteiger partial charge >= 0.3 is 0 Å². The standard InChI is InChI=1S/C9H15N5O/c1-2-6-9(13-14-12-6)7-5-8(15)11-4-3-10-7/h7,10H,2-5H2,1H3,(H,11,15)(H,12,13,14). The van der Waals surface area contributed by atoms with Crippen LogP contribution >= 0.6 is 0 Å². The Labute approximate surface area is 87.8 Å². The summed E-state index contributed by atoms with van der Waals surface area (Å²) in [4.78, 5) is 11.4. The predicted molar refractivity (Wildman–Crippen MR) is 54.1 cm³/mol. The van der Waals surface area contributed by atoms with Crippen molar-refractivity contribution < 1.29 is 4.79 Å². The van der Waals surface area contributed by atoms with Crippen LogP contribution in [0.15, 0.2) is 0 Å². The highest BCUT2D eigenvalue weighted by molar-refractivity contribution is 5.77. The SMILES string of the molecule is CCc1n[nH]nc1C1CC(=O)NCCN1. The number of nitrogens with zero attached hydrogens (tertiary/aromatic N) is 2. The van der Waals surface area contributed by atoms with Crippen LogP contribution in [-0.2, 0) is 11.2 Å². The summed E-state index contributed by atoms with van der Waals surface area (Å²) in [5, 5.41) is 16.9. The Bertz CT molecular complexity index is 348. The van der Waals surface area contributed by atoms with Crippen molar-refractivity contribution in [1.29, 1.82) is 0 Å². The van der Waals surface area contributed by atoms with Crippen molar-refractivity contribution in [1.82, 2.24) is 26.0 Å². The first-order valence-corrected chi connectivity index (χ1v) is 5.21. The van der Waals surface area contributed by atoms with E-state index in [0.29, 0.717) is 13.0 Å². The van der Waals surface area contributed by atoms with Crippen molar-refractivity contribution in [2.45, 2.75) is 25.8 Å². The molecule has 3 N–H and O–H groups in total. The average molecular weight is 209 g/mol. The summed E-state index contributed by atoms with van der Waals surface area (Å²) in [6, 6.07) is -0.0128. The van der Waals surface area contributed by atoms with E-state index in [9.17, 15) is 4.79 Å². The molecule has 6 heteroatoms. The highest BCUT2D eigenvalue weighted by atomic mass is 16.1. The molecule has 0 radical (unpaired) electrons. The van der Waals surface area contributed by atoms with Gasteiger partial charge in [0, 0.05) is 19.5 Å².